The normalized spacial score (nSPS) is 16.4. The summed E-state index contributed by atoms with van der Waals surface area (Å²) in [6.45, 7) is 4.71. The molecule has 46 heavy (non-hydrogen) atoms. The molecule has 1 aliphatic carbocycles. The third-order valence-corrected chi connectivity index (χ3v) is 9.85. The Morgan fingerprint density at radius 1 is 0.565 bits per heavy atom. The summed E-state index contributed by atoms with van der Waals surface area (Å²) in [5.41, 5.74) is 13.4. The molecule has 0 saturated carbocycles. The molecule has 0 spiro atoms. The molecule has 0 amide bonds. The Morgan fingerprint density at radius 3 is 1.98 bits per heavy atom. The molecule has 0 radical (unpaired) electrons. The first-order valence-corrected chi connectivity index (χ1v) is 16.0. The number of fused-ring (bicyclic) bond motifs is 6. The molecule has 2 aliphatic rings. The van der Waals surface area contributed by atoms with E-state index < -0.39 is 0 Å². The highest BCUT2D eigenvalue weighted by Gasteiger charge is 2.36. The maximum absolute atomic E-state index is 5.41. The van der Waals surface area contributed by atoms with Crippen LogP contribution in [0.25, 0.3) is 49.8 Å². The van der Waals surface area contributed by atoms with E-state index in [9.17, 15) is 0 Å². The van der Waals surface area contributed by atoms with Crippen LogP contribution in [0, 0.1) is 0 Å². The molecule has 7 aromatic rings. The van der Waals surface area contributed by atoms with Crippen molar-refractivity contribution in [1.29, 1.82) is 0 Å². The Labute approximate surface area is 269 Å². The van der Waals surface area contributed by atoms with E-state index in [1.54, 1.807) is 0 Å². The largest absolute Gasteiger partial charge is 0.325 e. The minimum Gasteiger partial charge on any atom is -0.325 e. The number of nitrogens with one attached hydrogen (secondary N) is 1. The predicted molar refractivity (Wildman–Crippen MR) is 192 cm³/mol. The zero-order valence-corrected chi connectivity index (χ0v) is 25.9. The topological polar surface area (TPSA) is 29.3 Å². The second-order valence-corrected chi connectivity index (χ2v) is 12.9. The first-order valence-electron chi connectivity index (χ1n) is 16.0. The molecule has 3 heteroatoms. The standard InChI is InChI=1S/C43H33N3/c1-43(2)36-21-13-12-20-32(36)33-26-41-35(25-37(33)43)34-24-31(28-14-6-3-7-15-28)22-23-40(34)46(41)42-44-38(29-16-8-4-9-17-29)27-39(45-42)30-18-10-5-11-19-30/h3-27,38H,1-2H3,(H,44,45). The van der Waals surface area contributed by atoms with Crippen LogP contribution in [0.1, 0.15) is 42.1 Å². The van der Waals surface area contributed by atoms with Crippen LogP contribution >= 0.6 is 0 Å². The number of benzene rings is 6. The summed E-state index contributed by atoms with van der Waals surface area (Å²) in [6.07, 6.45) is 2.24. The van der Waals surface area contributed by atoms with E-state index in [4.69, 9.17) is 4.99 Å². The average Bonchev–Trinajstić information content (AvgIpc) is 3.56. The van der Waals surface area contributed by atoms with Gasteiger partial charge in [0.15, 0.2) is 0 Å². The van der Waals surface area contributed by atoms with Gasteiger partial charge in [-0.15, -0.1) is 0 Å². The molecule has 1 unspecified atom stereocenters. The SMILES string of the molecule is CC1(C)c2ccccc2-c2cc3c(cc21)c1cc(-c2ccccc2)ccc1n3C1=NC(c2ccccc2)C=C(c2ccccc2)N1. The molecule has 220 valence electrons. The van der Waals surface area contributed by atoms with Crippen molar-refractivity contribution in [3.05, 3.63) is 174 Å². The van der Waals surface area contributed by atoms with Crippen LogP contribution in [0.5, 0.6) is 0 Å². The molecule has 1 N–H and O–H groups in total. The molecule has 0 saturated heterocycles. The fourth-order valence-electron chi connectivity index (χ4n) is 7.49. The lowest BCUT2D eigenvalue weighted by Crippen LogP contribution is -2.32. The molecular weight excluding hydrogens is 558 g/mol. The van der Waals surface area contributed by atoms with Gasteiger partial charge in [-0.05, 0) is 74.8 Å². The van der Waals surface area contributed by atoms with Crippen LogP contribution in [0.15, 0.2) is 157 Å². The number of rotatable bonds is 3. The van der Waals surface area contributed by atoms with E-state index in [0.29, 0.717) is 0 Å². The van der Waals surface area contributed by atoms with Crippen molar-refractivity contribution in [2.45, 2.75) is 25.3 Å². The quantitative estimate of drug-likeness (QED) is 0.218. The molecule has 0 fully saturated rings. The molecule has 0 bridgehead atoms. The smallest absolute Gasteiger partial charge is 0.208 e. The monoisotopic (exact) mass is 591 g/mol. The van der Waals surface area contributed by atoms with Gasteiger partial charge >= 0.3 is 0 Å². The van der Waals surface area contributed by atoms with E-state index in [1.165, 1.54) is 49.7 Å². The Kier molecular flexibility index (Phi) is 5.91. The van der Waals surface area contributed by atoms with Gasteiger partial charge in [-0.2, -0.15) is 0 Å². The summed E-state index contributed by atoms with van der Waals surface area (Å²) in [5.74, 6) is 0.827. The number of aliphatic imine (C=N–C) groups is 1. The summed E-state index contributed by atoms with van der Waals surface area (Å²) in [4.78, 5) is 5.41. The summed E-state index contributed by atoms with van der Waals surface area (Å²) >= 11 is 0. The predicted octanol–water partition coefficient (Wildman–Crippen LogP) is 10.4. The van der Waals surface area contributed by atoms with Crippen LogP contribution in [-0.4, -0.2) is 10.5 Å². The second kappa shape index (κ2) is 10.2. The van der Waals surface area contributed by atoms with Crippen molar-refractivity contribution in [2.24, 2.45) is 4.99 Å². The molecule has 3 nitrogen and oxygen atoms in total. The van der Waals surface area contributed by atoms with Gasteiger partial charge < -0.3 is 5.32 Å². The van der Waals surface area contributed by atoms with Crippen molar-refractivity contribution < 1.29 is 0 Å². The van der Waals surface area contributed by atoms with Gasteiger partial charge in [0, 0.05) is 21.9 Å². The fraction of sp³-hybridized carbons (Fsp3) is 0.0930. The van der Waals surface area contributed by atoms with Crippen LogP contribution in [0.3, 0.4) is 0 Å². The Bertz CT molecular complexity index is 2340. The molecule has 1 aliphatic heterocycles. The van der Waals surface area contributed by atoms with Crippen LogP contribution < -0.4 is 5.32 Å². The molecule has 6 aromatic carbocycles. The van der Waals surface area contributed by atoms with Gasteiger partial charge in [0.25, 0.3) is 0 Å². The van der Waals surface area contributed by atoms with Gasteiger partial charge in [-0.25, -0.2) is 4.99 Å². The highest BCUT2D eigenvalue weighted by atomic mass is 15.2. The van der Waals surface area contributed by atoms with Crippen LogP contribution in [-0.2, 0) is 5.41 Å². The maximum Gasteiger partial charge on any atom is 0.208 e. The van der Waals surface area contributed by atoms with E-state index in [-0.39, 0.29) is 11.5 Å². The first-order chi connectivity index (χ1) is 22.6. The maximum atomic E-state index is 5.41. The summed E-state index contributed by atoms with van der Waals surface area (Å²) in [6, 6.07) is 52.3. The van der Waals surface area contributed by atoms with Gasteiger partial charge in [0.2, 0.25) is 5.96 Å². The fourth-order valence-corrected chi connectivity index (χ4v) is 7.49. The highest BCUT2D eigenvalue weighted by molar-refractivity contribution is 6.17. The van der Waals surface area contributed by atoms with E-state index >= 15 is 0 Å². The van der Waals surface area contributed by atoms with E-state index in [1.807, 2.05) is 0 Å². The molecule has 9 rings (SSSR count). The Balaban J connectivity index is 1.33. The van der Waals surface area contributed by atoms with E-state index in [0.717, 1.165) is 28.3 Å². The van der Waals surface area contributed by atoms with Gasteiger partial charge in [-0.3, -0.25) is 4.57 Å². The number of aromatic nitrogens is 1. The van der Waals surface area contributed by atoms with E-state index in [2.05, 4.69) is 175 Å². The number of nitrogens with zero attached hydrogens (tertiary/aromatic N) is 2. The minimum atomic E-state index is -0.127. The van der Waals surface area contributed by atoms with Gasteiger partial charge in [-0.1, -0.05) is 135 Å². The third kappa shape index (κ3) is 4.09. The third-order valence-electron chi connectivity index (χ3n) is 9.85. The lowest BCUT2D eigenvalue weighted by molar-refractivity contribution is 0.661. The van der Waals surface area contributed by atoms with Crippen LogP contribution in [0.4, 0.5) is 0 Å². The molecule has 2 heterocycles. The van der Waals surface area contributed by atoms with Crippen molar-refractivity contribution in [3.8, 4) is 22.3 Å². The van der Waals surface area contributed by atoms with Gasteiger partial charge in [0.1, 0.15) is 0 Å². The summed E-state index contributed by atoms with van der Waals surface area (Å²) < 4.78 is 2.35. The minimum absolute atomic E-state index is 0.0895. The second-order valence-electron chi connectivity index (χ2n) is 12.9. The number of hydrogen-bond donors (Lipinski definition) is 1. The lowest BCUT2D eigenvalue weighted by atomic mass is 9.82. The van der Waals surface area contributed by atoms with Crippen LogP contribution in [0.2, 0.25) is 0 Å². The average molecular weight is 592 g/mol. The van der Waals surface area contributed by atoms with Crippen molar-refractivity contribution in [1.82, 2.24) is 9.88 Å². The first kappa shape index (κ1) is 26.7. The van der Waals surface area contributed by atoms with Crippen molar-refractivity contribution in [3.63, 3.8) is 0 Å². The zero-order valence-electron chi connectivity index (χ0n) is 25.9. The van der Waals surface area contributed by atoms with Crippen molar-refractivity contribution >= 4 is 33.5 Å². The summed E-state index contributed by atoms with van der Waals surface area (Å²) in [5, 5.41) is 6.24. The Hall–Kier alpha value is -5.67. The Morgan fingerprint density at radius 2 is 1.22 bits per heavy atom. The molecule has 1 atom stereocenters. The summed E-state index contributed by atoms with van der Waals surface area (Å²) in [7, 11) is 0. The lowest BCUT2D eigenvalue weighted by Gasteiger charge is -2.24. The molecular formula is C43H33N3. The van der Waals surface area contributed by atoms with Gasteiger partial charge in [0.05, 0.1) is 17.1 Å². The highest BCUT2D eigenvalue weighted by Crippen LogP contribution is 2.51. The molecule has 1 aromatic heterocycles. The van der Waals surface area contributed by atoms with Crippen molar-refractivity contribution in [2.75, 3.05) is 0 Å². The zero-order chi connectivity index (χ0) is 30.8. The number of hydrogen-bond acceptors (Lipinski definition) is 2.